The lowest BCUT2D eigenvalue weighted by Crippen LogP contribution is -2.29. The van der Waals surface area contributed by atoms with Crippen LogP contribution in [-0.2, 0) is 128 Å². The number of amides is 1. The average Bonchev–Trinajstić information content (AvgIpc) is 0.826. The van der Waals surface area contributed by atoms with Crippen molar-refractivity contribution in [3.8, 4) is 78.6 Å². The number of pyridine rings is 5. The second-order valence-electron chi connectivity index (χ2n) is 37.6. The van der Waals surface area contributed by atoms with Crippen molar-refractivity contribution in [2.45, 2.75) is 188 Å². The van der Waals surface area contributed by atoms with Gasteiger partial charge in [-0.15, -0.1) is 0 Å². The van der Waals surface area contributed by atoms with Gasteiger partial charge in [0.05, 0.1) is 11.8 Å². The third-order valence-electron chi connectivity index (χ3n) is 27.1. The molecule has 0 radical (unpaired) electrons. The van der Waals surface area contributed by atoms with Gasteiger partial charge in [0.2, 0.25) is 5.91 Å². The summed E-state index contributed by atoms with van der Waals surface area (Å²) >= 11 is 0. The fourth-order valence-electron chi connectivity index (χ4n) is 19.6. The number of hydrogen-bond acceptors (Lipinski definition) is 16. The first-order valence-electron chi connectivity index (χ1n) is 47.7. The van der Waals surface area contributed by atoms with Crippen molar-refractivity contribution >= 4 is 51.8 Å². The number of hydrogen-bond donors (Lipinski definition) is 2. The molecule has 0 spiro atoms. The summed E-state index contributed by atoms with van der Waals surface area (Å²) in [5, 5.41) is 6.69. The Morgan fingerprint density at radius 3 is 1.20 bits per heavy atom. The minimum absolute atomic E-state index is 0.00284. The largest absolute Gasteiger partial charge is 0.489 e. The highest BCUT2D eigenvalue weighted by Crippen LogP contribution is 2.44. The molecule has 1 saturated carbocycles. The average molecular weight is 1840 g/mol. The van der Waals surface area contributed by atoms with Crippen LogP contribution in [0, 0.1) is 34.6 Å². The number of fused-ring (bicyclic) bond motifs is 5. The molecule has 0 unspecified atom stereocenters. The molecular weight excluding hydrogens is 1720 g/mol. The number of anilines is 4. The number of rotatable bonds is 16. The van der Waals surface area contributed by atoms with Gasteiger partial charge in [-0.1, -0.05) is 97.4 Å². The maximum atomic E-state index is 12.2. The Labute approximate surface area is 799 Å². The van der Waals surface area contributed by atoms with E-state index in [9.17, 15) is 47.9 Å². The van der Waals surface area contributed by atoms with Crippen LogP contribution in [0.3, 0.4) is 0 Å². The molecule has 8 aromatic carbocycles. The molecule has 22 heteroatoms. The number of benzene rings is 8. The number of carbonyl (C=O) groups excluding carboxylic acids is 5. The van der Waals surface area contributed by atoms with Crippen molar-refractivity contribution in [2.24, 2.45) is 35.2 Å². The summed E-state index contributed by atoms with van der Waals surface area (Å²) in [5.41, 5.74) is 29.0. The smallest absolute Gasteiger partial charge is 0.253 e. The highest BCUT2D eigenvalue weighted by Gasteiger charge is 2.30. The number of nitrogens with zero attached hydrogens (tertiary/aromatic N) is 6. The van der Waals surface area contributed by atoms with Gasteiger partial charge in [-0.2, -0.15) is 0 Å². The van der Waals surface area contributed by atoms with Gasteiger partial charge in [-0.3, -0.25) is 47.9 Å². The van der Waals surface area contributed by atoms with Crippen molar-refractivity contribution in [1.29, 1.82) is 0 Å². The van der Waals surface area contributed by atoms with Crippen LogP contribution in [0.5, 0.6) is 23.0 Å². The van der Waals surface area contributed by atoms with Gasteiger partial charge in [-0.05, 0) is 296 Å². The number of aromatic nitrogens is 5. The molecule has 13 aromatic rings. The van der Waals surface area contributed by atoms with Crippen LogP contribution in [0.4, 0.5) is 22.7 Å². The summed E-state index contributed by atoms with van der Waals surface area (Å²) in [6, 6.07) is 60.8. The molecule has 7 heterocycles. The zero-order valence-electron chi connectivity index (χ0n) is 80.2. The van der Waals surface area contributed by atoms with E-state index in [0.717, 1.165) is 221 Å². The number of ketones is 4. The van der Waals surface area contributed by atoms with Crippen LogP contribution in [-0.4, -0.2) is 84.3 Å². The summed E-state index contributed by atoms with van der Waals surface area (Å²) < 4.78 is 32.3. The Morgan fingerprint density at radius 1 is 0.372 bits per heavy atom. The van der Waals surface area contributed by atoms with Crippen molar-refractivity contribution < 1.29 is 42.9 Å². The molecule has 2 fully saturated rings. The first-order valence-corrected chi connectivity index (χ1v) is 47.7. The Balaban J connectivity index is 0.000000124. The van der Waals surface area contributed by atoms with E-state index in [1.807, 2.05) is 200 Å². The number of para-hydroxylation sites is 2. The van der Waals surface area contributed by atoms with Gasteiger partial charge in [0.15, 0.2) is 0 Å². The molecule has 0 bridgehead atoms. The van der Waals surface area contributed by atoms with Crippen LogP contribution < -0.4 is 57.5 Å². The topological polar surface area (TPSA) is 260 Å². The van der Waals surface area contributed by atoms with Crippen LogP contribution >= 0.6 is 0 Å². The molecule has 1 amide bonds. The van der Waals surface area contributed by atoms with E-state index in [2.05, 4.69) is 70.1 Å². The van der Waals surface area contributed by atoms with Crippen molar-refractivity contribution in [1.82, 2.24) is 22.8 Å². The number of nitrogens with one attached hydrogen (secondary N) is 2. The fourth-order valence-corrected chi connectivity index (χ4v) is 19.6. The SMILES string of the molecule is Cc1cc(-c2cc3c(c(N(C)c4ccccc4)c2)CC(=O)CC3)cn(C)c1=O.Cc1cc(-c2cc3c(c(NC4CCOCC4)c2)CC(=O)CC3)cn(C)c1=O.Cc1cc(-c2cc3c(c(OC4CCCCC4)c2)NC(=O)CC3)cn(C)c1=O.Cc1cc(-c2cc3c(c(OCc4ccccc4)c2)CC(=O)CC3)cn(C)c1=O.Cc1cc(-c2cc3c(c(Oc4ccccc4)c2)CC(=O)CC3)cn(C)c1=O. The zero-order chi connectivity index (χ0) is 96.4. The first kappa shape index (κ1) is 95.8. The molecule has 20 rings (SSSR count). The third kappa shape index (κ3) is 22.9. The van der Waals surface area contributed by atoms with Crippen molar-refractivity contribution in [3.05, 3.63) is 348 Å². The van der Waals surface area contributed by atoms with Gasteiger partial charge in [-0.25, -0.2) is 0 Å². The molecule has 704 valence electrons. The number of Topliss-reactive ketones (excluding diaryl/α,β-unsaturated/α-hetero) is 4. The predicted octanol–water partition coefficient (Wildman–Crippen LogP) is 19.4. The fraction of sp³-hybridized carbons (Fsp3) is 0.322. The molecular formula is C115H120N8O14. The molecule has 5 aromatic heterocycles. The van der Waals surface area contributed by atoms with E-state index < -0.39 is 0 Å². The zero-order valence-corrected chi connectivity index (χ0v) is 80.2. The Hall–Kier alpha value is -14.4. The van der Waals surface area contributed by atoms with Gasteiger partial charge in [0, 0.05) is 206 Å². The molecule has 2 aliphatic heterocycles. The molecule has 22 nitrogen and oxygen atoms in total. The van der Waals surface area contributed by atoms with E-state index in [1.165, 1.54) is 30.4 Å². The summed E-state index contributed by atoms with van der Waals surface area (Å²) in [5.74, 6) is 4.12. The first-order chi connectivity index (χ1) is 66.0. The van der Waals surface area contributed by atoms with Crippen LogP contribution in [0.1, 0.15) is 161 Å². The number of ether oxygens (including phenoxy) is 4. The van der Waals surface area contributed by atoms with Gasteiger partial charge >= 0.3 is 0 Å². The van der Waals surface area contributed by atoms with Gasteiger partial charge in [0.1, 0.15) is 52.7 Å². The lowest BCUT2D eigenvalue weighted by Gasteiger charge is -2.28. The lowest BCUT2D eigenvalue weighted by molar-refractivity contribution is -0.119. The molecule has 0 atom stereocenters. The van der Waals surface area contributed by atoms with Crippen LogP contribution in [0.25, 0.3) is 55.6 Å². The molecule has 2 N–H and O–H groups in total. The normalized spacial score (nSPS) is 15.0. The highest BCUT2D eigenvalue weighted by molar-refractivity contribution is 5.97. The Bertz CT molecular complexity index is 6840. The summed E-state index contributed by atoms with van der Waals surface area (Å²) in [7, 11) is 10.9. The van der Waals surface area contributed by atoms with Crippen molar-refractivity contribution in [2.75, 3.05) is 35.8 Å². The quantitative estimate of drug-likeness (QED) is 0.0911. The van der Waals surface area contributed by atoms with E-state index >= 15 is 0 Å². The number of carbonyl (C=O) groups is 5. The highest BCUT2D eigenvalue weighted by atomic mass is 16.5. The maximum absolute atomic E-state index is 12.2. The minimum Gasteiger partial charge on any atom is -0.489 e. The predicted molar refractivity (Wildman–Crippen MR) is 541 cm³/mol. The van der Waals surface area contributed by atoms with Gasteiger partial charge < -0.3 is 57.3 Å². The van der Waals surface area contributed by atoms with E-state index in [1.54, 1.807) is 58.1 Å². The molecule has 1 saturated heterocycles. The second kappa shape index (κ2) is 42.7. The van der Waals surface area contributed by atoms with Crippen molar-refractivity contribution in [3.63, 3.8) is 0 Å². The summed E-state index contributed by atoms with van der Waals surface area (Å²) in [6.45, 7) is 11.2. The summed E-state index contributed by atoms with van der Waals surface area (Å²) in [6.07, 6.45) is 25.6. The Kier molecular flexibility index (Phi) is 29.8. The van der Waals surface area contributed by atoms with Gasteiger partial charge in [0.25, 0.3) is 27.8 Å². The minimum atomic E-state index is 0.00284. The summed E-state index contributed by atoms with van der Waals surface area (Å²) in [4.78, 5) is 123. The van der Waals surface area contributed by atoms with E-state index in [0.29, 0.717) is 105 Å². The van der Waals surface area contributed by atoms with Crippen LogP contribution in [0.15, 0.2) is 237 Å². The van der Waals surface area contributed by atoms with E-state index in [4.69, 9.17) is 18.9 Å². The molecule has 5 aliphatic carbocycles. The van der Waals surface area contributed by atoms with Crippen LogP contribution in [0.2, 0.25) is 0 Å². The van der Waals surface area contributed by atoms with E-state index in [-0.39, 0.29) is 51.4 Å². The third-order valence-corrected chi connectivity index (χ3v) is 27.1. The Morgan fingerprint density at radius 2 is 0.745 bits per heavy atom. The molecule has 7 aliphatic rings. The standard InChI is InChI=1S/C24H24N2O2.C24H23NO3.C23H21NO3.2C22H26N2O3/c1-16-11-19(15-25(2)24(16)28)18-12-17-9-10-21(27)14-22(17)23(13-18)26(3)20-7-5-4-6-8-20;1-16-10-20(14-25(2)24(16)27)19-11-18-8-9-21(26)13-22(18)23(12-19)28-15-17-6-4-3-5-7-17;1-15-10-18(14-24(2)23(15)26)17-11-16-8-9-19(25)13-21(16)22(12-17)27-20-6-4-3-5-7-20;1-14-9-17(13-24(2)22(14)26)16-10-15-3-4-19(25)12-20(15)21(11-16)23-18-5-7-27-8-6-18;1-14-10-17(13-24(2)22(14)26)16-11-15-8-9-20(25)23-21(15)19(12-16)27-18-6-4-3-5-7-18/h4-8,11-13,15H,9-10,14H2,1-3H3;3-7,10-12,14H,8-9,13,15H2,1-2H3;3-7,10-12,14H,8-9,13H2,1-2H3;9-11,13,18,23H,3-8,12H2,1-2H3;10-13,18H,3-9H2,1-2H3,(H,23,25). The second-order valence-corrected chi connectivity index (χ2v) is 37.6. The monoisotopic (exact) mass is 1840 g/mol. The number of aryl methyl sites for hydroxylation is 15. The maximum Gasteiger partial charge on any atom is 0.253 e. The lowest BCUT2D eigenvalue weighted by atomic mass is 9.86. The molecule has 137 heavy (non-hydrogen) atoms.